The lowest BCUT2D eigenvalue weighted by molar-refractivity contribution is 0.0528. The van der Waals surface area contributed by atoms with E-state index in [4.69, 9.17) is 20.2 Å². The van der Waals surface area contributed by atoms with E-state index in [1.165, 1.54) is 11.9 Å². The number of anilines is 1. The number of ether oxygens (including phenoxy) is 2. The maximum atomic E-state index is 6.51. The van der Waals surface area contributed by atoms with E-state index in [0.717, 1.165) is 67.6 Å². The van der Waals surface area contributed by atoms with Crippen molar-refractivity contribution in [2.45, 2.75) is 78.9 Å². The van der Waals surface area contributed by atoms with E-state index < -0.39 is 0 Å². The fraction of sp³-hybridized carbons (Fsp3) is 0.593. The van der Waals surface area contributed by atoms with Gasteiger partial charge in [-0.05, 0) is 58.1 Å². The molecule has 34 heavy (non-hydrogen) atoms. The van der Waals surface area contributed by atoms with Crippen LogP contribution in [-0.4, -0.2) is 48.2 Å². The smallest absolute Gasteiger partial charge is 0.225 e. The third kappa shape index (κ3) is 6.26. The molecule has 2 aromatic rings. The van der Waals surface area contributed by atoms with Gasteiger partial charge in [0.2, 0.25) is 5.88 Å². The Bertz CT molecular complexity index is 982. The summed E-state index contributed by atoms with van der Waals surface area (Å²) >= 11 is 0. The Balaban J connectivity index is 0.00000158. The van der Waals surface area contributed by atoms with E-state index in [2.05, 4.69) is 41.7 Å². The van der Waals surface area contributed by atoms with Crippen molar-refractivity contribution in [2.75, 3.05) is 24.6 Å². The van der Waals surface area contributed by atoms with Gasteiger partial charge in [0.1, 0.15) is 11.9 Å². The van der Waals surface area contributed by atoms with E-state index in [-0.39, 0.29) is 12.2 Å². The lowest BCUT2D eigenvalue weighted by atomic mass is 9.83. The number of pyridine rings is 2. The monoisotopic (exact) mass is 467 g/mol. The highest BCUT2D eigenvalue weighted by atomic mass is 16.5. The average Bonchev–Trinajstić information content (AvgIpc) is 2.88. The summed E-state index contributed by atoms with van der Waals surface area (Å²) in [5, 5.41) is 0.967. The van der Waals surface area contributed by atoms with Gasteiger partial charge in [0.25, 0.3) is 0 Å². The summed E-state index contributed by atoms with van der Waals surface area (Å²) in [6, 6.07) is 6.05. The van der Waals surface area contributed by atoms with E-state index in [0.29, 0.717) is 18.4 Å². The molecule has 1 saturated heterocycles. The first-order valence-corrected chi connectivity index (χ1v) is 12.8. The molecule has 7 nitrogen and oxygen atoms in total. The Morgan fingerprint density at radius 1 is 1.29 bits per heavy atom. The minimum Gasteiger partial charge on any atom is -0.474 e. The maximum Gasteiger partial charge on any atom is 0.225 e. The van der Waals surface area contributed by atoms with Crippen molar-refractivity contribution in [3.05, 3.63) is 35.7 Å². The number of aliphatic imine (C=N–C) groups is 1. The molecule has 1 atom stereocenters. The van der Waals surface area contributed by atoms with Gasteiger partial charge in [-0.1, -0.05) is 26.3 Å². The van der Waals surface area contributed by atoms with Crippen LogP contribution in [0, 0.1) is 5.92 Å². The van der Waals surface area contributed by atoms with Crippen LogP contribution < -0.4 is 15.4 Å². The van der Waals surface area contributed by atoms with Crippen molar-refractivity contribution in [3.63, 3.8) is 0 Å². The van der Waals surface area contributed by atoms with Crippen molar-refractivity contribution in [2.24, 2.45) is 16.6 Å². The van der Waals surface area contributed by atoms with Gasteiger partial charge in [-0.15, -0.1) is 0 Å². The summed E-state index contributed by atoms with van der Waals surface area (Å²) in [5.41, 5.74) is 9.02. The largest absolute Gasteiger partial charge is 0.474 e. The van der Waals surface area contributed by atoms with Gasteiger partial charge in [-0.2, -0.15) is 4.98 Å². The third-order valence-electron chi connectivity index (χ3n) is 6.64. The van der Waals surface area contributed by atoms with Gasteiger partial charge in [-0.25, -0.2) is 4.99 Å². The summed E-state index contributed by atoms with van der Waals surface area (Å²) in [6.45, 7) is 12.8. The molecule has 1 unspecified atom stereocenters. The molecular weight excluding hydrogens is 426 g/mol. The number of fused-ring (bicyclic) bond motifs is 1. The quantitative estimate of drug-likeness (QED) is 0.447. The molecule has 0 amide bonds. The molecule has 186 valence electrons. The van der Waals surface area contributed by atoms with Gasteiger partial charge >= 0.3 is 0 Å². The lowest BCUT2D eigenvalue weighted by Crippen LogP contribution is -2.41. The standard InChI is InChI=1S/C25H35N5O2.C2H6/c1-4-17(2)24(28-16-26)19-7-9-20(10-8-19)32-25-21-6-5-11-27-22(21)14-23(29-25)30-12-13-31-18(3)15-30;1-2/h5-6,11,14,16,18-20H,4,7-10,12-13,15H2,1-3H3,(H2,26,28);1-2H3/b24-17+;. The van der Waals surface area contributed by atoms with E-state index in [9.17, 15) is 0 Å². The Labute approximate surface area is 204 Å². The second-order valence-electron chi connectivity index (χ2n) is 8.87. The Morgan fingerprint density at radius 3 is 2.74 bits per heavy atom. The molecule has 3 heterocycles. The van der Waals surface area contributed by atoms with Crippen molar-refractivity contribution < 1.29 is 9.47 Å². The highest BCUT2D eigenvalue weighted by Gasteiger charge is 2.27. The minimum atomic E-state index is 0.144. The number of allylic oxidation sites excluding steroid dienone is 2. The van der Waals surface area contributed by atoms with E-state index in [1.807, 2.05) is 32.2 Å². The molecule has 1 saturated carbocycles. The number of rotatable bonds is 6. The van der Waals surface area contributed by atoms with Crippen LogP contribution in [0.3, 0.4) is 0 Å². The second kappa shape index (κ2) is 12.7. The Morgan fingerprint density at radius 2 is 2.06 bits per heavy atom. The van der Waals surface area contributed by atoms with Crippen LogP contribution in [0.15, 0.2) is 40.7 Å². The predicted octanol–water partition coefficient (Wildman–Crippen LogP) is 5.49. The summed E-state index contributed by atoms with van der Waals surface area (Å²) in [7, 11) is 0. The van der Waals surface area contributed by atoms with Crippen LogP contribution in [0.1, 0.15) is 66.7 Å². The van der Waals surface area contributed by atoms with Crippen LogP contribution >= 0.6 is 0 Å². The molecule has 2 fully saturated rings. The second-order valence-corrected chi connectivity index (χ2v) is 8.87. The molecule has 1 aliphatic carbocycles. The van der Waals surface area contributed by atoms with E-state index in [1.54, 1.807) is 0 Å². The number of aromatic nitrogens is 2. The van der Waals surface area contributed by atoms with Gasteiger partial charge in [-0.3, -0.25) is 4.98 Å². The zero-order valence-electron chi connectivity index (χ0n) is 21.5. The predicted molar refractivity (Wildman–Crippen MR) is 141 cm³/mol. The van der Waals surface area contributed by atoms with Crippen molar-refractivity contribution >= 4 is 23.1 Å². The van der Waals surface area contributed by atoms with Crippen LogP contribution in [0.4, 0.5) is 5.82 Å². The average molecular weight is 468 g/mol. The third-order valence-corrected chi connectivity index (χ3v) is 6.64. The number of hydrogen-bond acceptors (Lipinski definition) is 6. The number of nitrogens with zero attached hydrogens (tertiary/aromatic N) is 4. The normalized spacial score (nSPS) is 23.9. The summed E-state index contributed by atoms with van der Waals surface area (Å²) in [4.78, 5) is 16.3. The van der Waals surface area contributed by atoms with Crippen molar-refractivity contribution in [1.29, 1.82) is 0 Å². The summed E-state index contributed by atoms with van der Waals surface area (Å²) in [6.07, 6.45) is 8.64. The molecule has 0 spiro atoms. The molecular formula is C27H41N5O2. The molecule has 2 aliphatic rings. The first kappa shape index (κ1) is 25.9. The number of morpholine rings is 1. The number of nitrogens with two attached hydrogens (primary N) is 1. The highest BCUT2D eigenvalue weighted by Crippen LogP contribution is 2.36. The van der Waals surface area contributed by atoms with Crippen molar-refractivity contribution in [1.82, 2.24) is 9.97 Å². The van der Waals surface area contributed by atoms with Crippen LogP contribution in [0.25, 0.3) is 10.9 Å². The molecule has 0 aromatic carbocycles. The van der Waals surface area contributed by atoms with Crippen molar-refractivity contribution in [3.8, 4) is 5.88 Å². The van der Waals surface area contributed by atoms with Crippen LogP contribution in [-0.2, 0) is 4.74 Å². The Hall–Kier alpha value is -2.67. The van der Waals surface area contributed by atoms with Crippen LogP contribution in [0.5, 0.6) is 5.88 Å². The SMILES string of the molecule is CC.CC/C(C)=C(/N=CN)C1CCC(Oc2nc(N3CCOC(C)C3)cc3ncccc23)CC1. The van der Waals surface area contributed by atoms with Gasteiger partial charge in [0, 0.05) is 37.0 Å². The molecule has 0 radical (unpaired) electrons. The molecule has 4 rings (SSSR count). The molecule has 1 aliphatic heterocycles. The topological polar surface area (TPSA) is 85.9 Å². The number of hydrogen-bond donors (Lipinski definition) is 1. The lowest BCUT2D eigenvalue weighted by Gasteiger charge is -2.33. The zero-order chi connectivity index (χ0) is 24.5. The van der Waals surface area contributed by atoms with Crippen LogP contribution in [0.2, 0.25) is 0 Å². The van der Waals surface area contributed by atoms with Gasteiger partial charge in [0.15, 0.2) is 0 Å². The highest BCUT2D eigenvalue weighted by molar-refractivity contribution is 5.85. The maximum absolute atomic E-state index is 6.51. The molecule has 2 N–H and O–H groups in total. The van der Waals surface area contributed by atoms with Gasteiger partial charge in [0.05, 0.1) is 30.0 Å². The fourth-order valence-electron chi connectivity index (χ4n) is 4.75. The fourth-order valence-corrected chi connectivity index (χ4v) is 4.75. The summed E-state index contributed by atoms with van der Waals surface area (Å²) < 4.78 is 12.2. The van der Waals surface area contributed by atoms with Gasteiger partial charge < -0.3 is 20.1 Å². The minimum absolute atomic E-state index is 0.144. The summed E-state index contributed by atoms with van der Waals surface area (Å²) in [5.74, 6) is 2.05. The Kier molecular flexibility index (Phi) is 9.69. The first-order valence-electron chi connectivity index (χ1n) is 12.8. The molecule has 0 bridgehead atoms. The van der Waals surface area contributed by atoms with E-state index >= 15 is 0 Å². The first-order chi connectivity index (χ1) is 16.6. The zero-order valence-corrected chi connectivity index (χ0v) is 21.5. The molecule has 2 aromatic heterocycles. The molecule has 7 heteroatoms.